The quantitative estimate of drug-likeness (QED) is 0.827. The molecule has 1 aromatic carbocycles. The summed E-state index contributed by atoms with van der Waals surface area (Å²) in [5, 5.41) is 2.93. The van der Waals surface area contributed by atoms with Crippen LogP contribution in [-0.4, -0.2) is 21.9 Å². The van der Waals surface area contributed by atoms with Crippen LogP contribution in [0.25, 0.3) is 11.0 Å². The monoisotopic (exact) mass is 217 g/mol. The fraction of sp³-hybridized carbons (Fsp3) is 0.333. The van der Waals surface area contributed by atoms with Crippen molar-refractivity contribution in [2.75, 3.05) is 0 Å². The van der Waals surface area contributed by atoms with Crippen molar-refractivity contribution < 1.29 is 4.79 Å². The molecular formula is C12H15N3O. The number of fused-ring (bicyclic) bond motifs is 1. The lowest BCUT2D eigenvalue weighted by molar-refractivity contribution is 0.0941. The molecule has 0 aliphatic rings. The van der Waals surface area contributed by atoms with Crippen LogP contribution < -0.4 is 5.32 Å². The first-order chi connectivity index (χ1) is 7.72. The minimum absolute atomic E-state index is 0.0629. The van der Waals surface area contributed by atoms with Gasteiger partial charge in [-0.2, -0.15) is 0 Å². The normalized spacial score (nSPS) is 12.6. The first kappa shape index (κ1) is 10.7. The first-order valence-corrected chi connectivity index (χ1v) is 5.45. The summed E-state index contributed by atoms with van der Waals surface area (Å²) in [6, 6.07) is 5.73. The highest BCUT2D eigenvalue weighted by Gasteiger charge is 2.12. The van der Waals surface area contributed by atoms with Gasteiger partial charge in [0.25, 0.3) is 5.91 Å². The lowest BCUT2D eigenvalue weighted by Crippen LogP contribution is -2.32. The van der Waals surface area contributed by atoms with Crippen LogP contribution in [0.4, 0.5) is 0 Å². The number of H-pyrrole nitrogens is 1. The number of benzene rings is 1. The Kier molecular flexibility index (Phi) is 2.90. The standard InChI is InChI=1S/C12H15N3O/c1-3-8(2)15-12(16)9-5-4-6-10-11(9)14-7-13-10/h4-8H,3H2,1-2H3,(H,13,14)(H,15,16). The molecule has 0 bridgehead atoms. The molecule has 0 fully saturated rings. The molecule has 1 amide bonds. The van der Waals surface area contributed by atoms with Crippen LogP contribution >= 0.6 is 0 Å². The van der Waals surface area contributed by atoms with Crippen molar-refractivity contribution in [3.8, 4) is 0 Å². The molecule has 0 radical (unpaired) electrons. The maximum Gasteiger partial charge on any atom is 0.253 e. The second-order valence-electron chi connectivity index (χ2n) is 3.89. The van der Waals surface area contributed by atoms with E-state index in [2.05, 4.69) is 15.3 Å². The topological polar surface area (TPSA) is 57.8 Å². The number of carbonyl (C=O) groups excluding carboxylic acids is 1. The molecule has 16 heavy (non-hydrogen) atoms. The highest BCUT2D eigenvalue weighted by Crippen LogP contribution is 2.14. The number of hydrogen-bond acceptors (Lipinski definition) is 2. The Morgan fingerprint density at radius 3 is 3.12 bits per heavy atom. The van der Waals surface area contributed by atoms with Crippen LogP contribution in [0.5, 0.6) is 0 Å². The second-order valence-corrected chi connectivity index (χ2v) is 3.89. The molecule has 2 rings (SSSR count). The third kappa shape index (κ3) is 1.91. The van der Waals surface area contributed by atoms with Crippen LogP contribution in [0.3, 0.4) is 0 Å². The molecule has 1 atom stereocenters. The van der Waals surface area contributed by atoms with Gasteiger partial charge in [-0.25, -0.2) is 4.98 Å². The zero-order valence-corrected chi connectivity index (χ0v) is 9.45. The molecule has 0 aliphatic heterocycles. The van der Waals surface area contributed by atoms with Crippen molar-refractivity contribution in [3.63, 3.8) is 0 Å². The van der Waals surface area contributed by atoms with Crippen LogP contribution in [0.1, 0.15) is 30.6 Å². The molecule has 2 aromatic rings. The molecule has 0 saturated heterocycles. The van der Waals surface area contributed by atoms with Gasteiger partial charge < -0.3 is 10.3 Å². The minimum Gasteiger partial charge on any atom is -0.350 e. The zero-order chi connectivity index (χ0) is 11.5. The first-order valence-electron chi connectivity index (χ1n) is 5.45. The van der Waals surface area contributed by atoms with E-state index in [0.717, 1.165) is 17.5 Å². The van der Waals surface area contributed by atoms with E-state index in [4.69, 9.17) is 0 Å². The van der Waals surface area contributed by atoms with Gasteiger partial charge in [-0.05, 0) is 25.5 Å². The SMILES string of the molecule is CCC(C)NC(=O)c1cccc2[nH]cnc12. The molecule has 0 aliphatic carbocycles. The van der Waals surface area contributed by atoms with Crippen LogP contribution in [0.2, 0.25) is 0 Å². The molecule has 1 heterocycles. The highest BCUT2D eigenvalue weighted by atomic mass is 16.1. The second kappa shape index (κ2) is 4.35. The summed E-state index contributed by atoms with van der Waals surface area (Å²) in [7, 11) is 0. The van der Waals surface area contributed by atoms with Crippen molar-refractivity contribution in [1.29, 1.82) is 0 Å². The average molecular weight is 217 g/mol. The number of amides is 1. The number of nitrogens with one attached hydrogen (secondary N) is 2. The number of nitrogens with zero attached hydrogens (tertiary/aromatic N) is 1. The predicted octanol–water partition coefficient (Wildman–Crippen LogP) is 2.09. The smallest absolute Gasteiger partial charge is 0.253 e. The highest BCUT2D eigenvalue weighted by molar-refractivity contribution is 6.04. The molecule has 1 aromatic heterocycles. The number of para-hydroxylation sites is 1. The predicted molar refractivity (Wildman–Crippen MR) is 63.3 cm³/mol. The van der Waals surface area contributed by atoms with Gasteiger partial charge in [-0.3, -0.25) is 4.79 Å². The van der Waals surface area contributed by atoms with Crippen molar-refractivity contribution in [2.45, 2.75) is 26.3 Å². The van der Waals surface area contributed by atoms with E-state index in [0.29, 0.717) is 5.56 Å². The largest absolute Gasteiger partial charge is 0.350 e. The number of rotatable bonds is 3. The number of aromatic nitrogens is 2. The summed E-state index contributed by atoms with van der Waals surface area (Å²) in [5.74, 6) is -0.0629. The van der Waals surface area contributed by atoms with Gasteiger partial charge >= 0.3 is 0 Å². The van der Waals surface area contributed by atoms with Crippen molar-refractivity contribution in [1.82, 2.24) is 15.3 Å². The third-order valence-electron chi connectivity index (χ3n) is 2.68. The number of aromatic amines is 1. The van der Waals surface area contributed by atoms with E-state index >= 15 is 0 Å². The Labute approximate surface area is 94.1 Å². The number of hydrogen-bond donors (Lipinski definition) is 2. The van der Waals surface area contributed by atoms with Gasteiger partial charge in [0, 0.05) is 6.04 Å². The molecular weight excluding hydrogens is 202 g/mol. The summed E-state index contributed by atoms with van der Waals surface area (Å²) < 4.78 is 0. The Balaban J connectivity index is 2.32. The van der Waals surface area contributed by atoms with E-state index in [9.17, 15) is 4.79 Å². The molecule has 2 N–H and O–H groups in total. The van der Waals surface area contributed by atoms with Crippen LogP contribution in [-0.2, 0) is 0 Å². The Bertz CT molecular complexity index is 504. The van der Waals surface area contributed by atoms with E-state index in [1.807, 2.05) is 26.0 Å². The number of carbonyl (C=O) groups is 1. The maximum absolute atomic E-state index is 12.0. The van der Waals surface area contributed by atoms with Gasteiger partial charge in [0.1, 0.15) is 5.52 Å². The average Bonchev–Trinajstić information content (AvgIpc) is 2.76. The minimum atomic E-state index is -0.0629. The Morgan fingerprint density at radius 2 is 2.38 bits per heavy atom. The van der Waals surface area contributed by atoms with Gasteiger partial charge in [-0.1, -0.05) is 13.0 Å². The summed E-state index contributed by atoms with van der Waals surface area (Å²) >= 11 is 0. The fourth-order valence-electron chi connectivity index (χ4n) is 1.55. The summed E-state index contributed by atoms with van der Waals surface area (Å²) in [5.41, 5.74) is 2.24. The van der Waals surface area contributed by atoms with E-state index in [1.54, 1.807) is 12.4 Å². The lowest BCUT2D eigenvalue weighted by Gasteiger charge is -2.11. The molecule has 4 heteroatoms. The number of imidazole rings is 1. The van der Waals surface area contributed by atoms with Crippen LogP contribution in [0.15, 0.2) is 24.5 Å². The Morgan fingerprint density at radius 1 is 1.56 bits per heavy atom. The molecule has 84 valence electrons. The molecule has 4 nitrogen and oxygen atoms in total. The van der Waals surface area contributed by atoms with Crippen molar-refractivity contribution >= 4 is 16.9 Å². The fourth-order valence-corrected chi connectivity index (χ4v) is 1.55. The zero-order valence-electron chi connectivity index (χ0n) is 9.45. The summed E-state index contributed by atoms with van der Waals surface area (Å²) in [4.78, 5) is 19.1. The van der Waals surface area contributed by atoms with Gasteiger partial charge in [0.15, 0.2) is 0 Å². The van der Waals surface area contributed by atoms with E-state index in [-0.39, 0.29) is 11.9 Å². The Hall–Kier alpha value is -1.84. The third-order valence-corrected chi connectivity index (χ3v) is 2.68. The molecule has 0 saturated carbocycles. The maximum atomic E-state index is 12.0. The van der Waals surface area contributed by atoms with Crippen molar-refractivity contribution in [3.05, 3.63) is 30.1 Å². The molecule has 1 unspecified atom stereocenters. The van der Waals surface area contributed by atoms with Gasteiger partial charge in [0.05, 0.1) is 17.4 Å². The van der Waals surface area contributed by atoms with Crippen LogP contribution in [0, 0.1) is 0 Å². The lowest BCUT2D eigenvalue weighted by atomic mass is 10.1. The summed E-state index contributed by atoms with van der Waals surface area (Å²) in [6.45, 7) is 4.03. The van der Waals surface area contributed by atoms with E-state index in [1.165, 1.54) is 0 Å². The van der Waals surface area contributed by atoms with Gasteiger partial charge in [-0.15, -0.1) is 0 Å². The van der Waals surface area contributed by atoms with Crippen molar-refractivity contribution in [2.24, 2.45) is 0 Å². The summed E-state index contributed by atoms with van der Waals surface area (Å²) in [6.07, 6.45) is 2.52. The molecule has 0 spiro atoms. The van der Waals surface area contributed by atoms with E-state index < -0.39 is 0 Å². The van der Waals surface area contributed by atoms with Gasteiger partial charge in [0.2, 0.25) is 0 Å².